The van der Waals surface area contributed by atoms with Gasteiger partial charge in [-0.3, -0.25) is 4.79 Å². The van der Waals surface area contributed by atoms with Crippen LogP contribution in [0.15, 0.2) is 35.4 Å². The molecule has 0 aliphatic rings. The second-order valence-corrected chi connectivity index (χ2v) is 7.52. The van der Waals surface area contributed by atoms with Crippen molar-refractivity contribution in [3.8, 4) is 0 Å². The second kappa shape index (κ2) is 5.71. The van der Waals surface area contributed by atoms with Gasteiger partial charge in [0.2, 0.25) is 0 Å². The molecule has 0 saturated carbocycles. The molecule has 0 amide bonds. The average Bonchev–Trinajstić information content (AvgIpc) is 2.36. The minimum atomic E-state index is -2.99. The Labute approximate surface area is 116 Å². The van der Waals surface area contributed by atoms with E-state index in [1.54, 1.807) is 6.07 Å². The number of fused-ring (bicyclic) bond motifs is 1. The van der Waals surface area contributed by atoms with Crippen molar-refractivity contribution in [2.45, 2.75) is 5.03 Å². The molecule has 0 atom stereocenters. The number of benzene rings is 1. The third-order valence-electron chi connectivity index (χ3n) is 2.54. The van der Waals surface area contributed by atoms with E-state index < -0.39 is 9.84 Å². The number of pyridine rings is 1. The molecule has 100 valence electrons. The van der Waals surface area contributed by atoms with Gasteiger partial charge in [-0.15, -0.1) is 11.8 Å². The van der Waals surface area contributed by atoms with Crippen molar-refractivity contribution in [3.05, 3.63) is 35.9 Å². The molecule has 1 heterocycles. The lowest BCUT2D eigenvalue weighted by molar-refractivity contribution is 0.112. The first kappa shape index (κ1) is 14.0. The molecule has 0 saturated heterocycles. The maximum Gasteiger partial charge on any atom is 0.152 e. The second-order valence-electron chi connectivity index (χ2n) is 4.17. The molecular formula is C13H13NO3S2. The molecule has 0 unspecified atom stereocenters. The Bertz CT molecular complexity index is 711. The van der Waals surface area contributed by atoms with Crippen molar-refractivity contribution < 1.29 is 13.2 Å². The van der Waals surface area contributed by atoms with Gasteiger partial charge in [0.25, 0.3) is 0 Å². The van der Waals surface area contributed by atoms with E-state index in [1.165, 1.54) is 18.0 Å². The smallest absolute Gasteiger partial charge is 0.152 e. The Morgan fingerprint density at radius 1 is 1.32 bits per heavy atom. The Hall–Kier alpha value is -1.40. The highest BCUT2D eigenvalue weighted by Gasteiger charge is 2.09. The number of hydrogen-bond donors (Lipinski definition) is 0. The van der Waals surface area contributed by atoms with Gasteiger partial charge in [0.15, 0.2) is 6.29 Å². The zero-order chi connectivity index (χ0) is 13.9. The van der Waals surface area contributed by atoms with Gasteiger partial charge in [0.1, 0.15) is 14.9 Å². The first-order chi connectivity index (χ1) is 8.99. The number of thioether (sulfide) groups is 1. The molecular weight excluding hydrogens is 282 g/mol. The van der Waals surface area contributed by atoms with Gasteiger partial charge in [-0.25, -0.2) is 13.4 Å². The first-order valence-electron chi connectivity index (χ1n) is 5.65. The molecule has 6 heteroatoms. The number of carbonyl (C=O) groups is 1. The standard InChI is InChI=1S/C13H13NO3S2/c1-19(16,17)7-6-18-13-11(9-15)8-10-4-2-3-5-12(10)14-13/h2-5,8-9H,6-7H2,1H3. The summed E-state index contributed by atoms with van der Waals surface area (Å²) in [5.74, 6) is 0.468. The van der Waals surface area contributed by atoms with Crippen molar-refractivity contribution in [1.82, 2.24) is 4.98 Å². The number of hydrogen-bond acceptors (Lipinski definition) is 5. The average molecular weight is 295 g/mol. The number of aromatic nitrogens is 1. The number of carbonyl (C=O) groups excluding carboxylic acids is 1. The van der Waals surface area contributed by atoms with Crippen LogP contribution in [0.25, 0.3) is 10.9 Å². The Balaban J connectivity index is 2.28. The highest BCUT2D eigenvalue weighted by atomic mass is 32.2. The fourth-order valence-electron chi connectivity index (χ4n) is 1.60. The van der Waals surface area contributed by atoms with Crippen molar-refractivity contribution >= 4 is 38.8 Å². The summed E-state index contributed by atoms with van der Waals surface area (Å²) < 4.78 is 22.2. The summed E-state index contributed by atoms with van der Waals surface area (Å²) >= 11 is 1.29. The van der Waals surface area contributed by atoms with Crippen molar-refractivity contribution in [3.63, 3.8) is 0 Å². The molecule has 1 aromatic carbocycles. The molecule has 4 nitrogen and oxygen atoms in total. The summed E-state index contributed by atoms with van der Waals surface area (Å²) in [5, 5.41) is 1.48. The van der Waals surface area contributed by atoms with E-state index in [9.17, 15) is 13.2 Å². The van der Waals surface area contributed by atoms with Crippen LogP contribution in [-0.2, 0) is 9.84 Å². The lowest BCUT2D eigenvalue weighted by Gasteiger charge is -2.05. The van der Waals surface area contributed by atoms with E-state index in [2.05, 4.69) is 4.98 Å². The molecule has 0 radical (unpaired) electrons. The molecule has 0 fully saturated rings. The van der Waals surface area contributed by atoms with E-state index in [4.69, 9.17) is 0 Å². The maximum absolute atomic E-state index is 11.1. The predicted molar refractivity (Wildman–Crippen MR) is 77.6 cm³/mol. The van der Waals surface area contributed by atoms with Gasteiger partial charge in [-0.2, -0.15) is 0 Å². The lowest BCUT2D eigenvalue weighted by Crippen LogP contribution is -2.05. The molecule has 0 spiro atoms. The number of rotatable bonds is 5. The van der Waals surface area contributed by atoms with Crippen LogP contribution in [0.2, 0.25) is 0 Å². The molecule has 0 aliphatic heterocycles. The lowest BCUT2D eigenvalue weighted by atomic mass is 10.2. The summed E-state index contributed by atoms with van der Waals surface area (Å²) in [5.41, 5.74) is 1.30. The van der Waals surface area contributed by atoms with E-state index in [-0.39, 0.29) is 5.75 Å². The van der Waals surface area contributed by atoms with Crippen molar-refractivity contribution in [2.75, 3.05) is 17.8 Å². The predicted octanol–water partition coefficient (Wildman–Crippen LogP) is 2.18. The van der Waals surface area contributed by atoms with Gasteiger partial charge >= 0.3 is 0 Å². The van der Waals surface area contributed by atoms with Crippen LogP contribution in [0.4, 0.5) is 0 Å². The largest absolute Gasteiger partial charge is 0.298 e. The quantitative estimate of drug-likeness (QED) is 0.625. The zero-order valence-electron chi connectivity index (χ0n) is 10.4. The van der Waals surface area contributed by atoms with Crippen LogP contribution in [0.3, 0.4) is 0 Å². The van der Waals surface area contributed by atoms with Gasteiger partial charge in [-0.1, -0.05) is 18.2 Å². The number of nitrogens with zero attached hydrogens (tertiary/aromatic N) is 1. The van der Waals surface area contributed by atoms with Crippen molar-refractivity contribution in [2.24, 2.45) is 0 Å². The highest BCUT2D eigenvalue weighted by Crippen LogP contribution is 2.23. The van der Waals surface area contributed by atoms with Crippen LogP contribution >= 0.6 is 11.8 Å². The van der Waals surface area contributed by atoms with Gasteiger partial charge < -0.3 is 0 Å². The fraction of sp³-hybridized carbons (Fsp3) is 0.231. The minimum absolute atomic E-state index is 0.0739. The third kappa shape index (κ3) is 3.78. The van der Waals surface area contributed by atoms with E-state index >= 15 is 0 Å². The molecule has 2 aromatic rings. The molecule has 0 aliphatic carbocycles. The number of sulfone groups is 1. The molecule has 0 bridgehead atoms. The Morgan fingerprint density at radius 3 is 2.74 bits per heavy atom. The minimum Gasteiger partial charge on any atom is -0.298 e. The molecule has 0 N–H and O–H groups in total. The van der Waals surface area contributed by atoms with Crippen LogP contribution in [0.1, 0.15) is 10.4 Å². The number of para-hydroxylation sites is 1. The monoisotopic (exact) mass is 295 g/mol. The van der Waals surface area contributed by atoms with Gasteiger partial charge in [0.05, 0.1) is 11.3 Å². The van der Waals surface area contributed by atoms with Gasteiger partial charge in [0, 0.05) is 23.0 Å². The first-order valence-corrected chi connectivity index (χ1v) is 8.70. The summed E-state index contributed by atoms with van der Waals surface area (Å²) in [4.78, 5) is 15.5. The number of aldehydes is 1. The third-order valence-corrected chi connectivity index (χ3v) is 4.75. The summed E-state index contributed by atoms with van der Waals surface area (Å²) in [7, 11) is -2.99. The SMILES string of the molecule is CS(=O)(=O)CCSc1nc2ccccc2cc1C=O. The Kier molecular flexibility index (Phi) is 4.21. The normalized spacial score (nSPS) is 11.6. The summed E-state index contributed by atoms with van der Waals surface area (Å²) in [6.45, 7) is 0. The van der Waals surface area contributed by atoms with Crippen molar-refractivity contribution in [1.29, 1.82) is 0 Å². The molecule has 2 rings (SSSR count). The van der Waals surface area contributed by atoms with Gasteiger partial charge in [-0.05, 0) is 12.1 Å². The van der Waals surface area contributed by atoms with Crippen LogP contribution in [0, 0.1) is 0 Å². The summed E-state index contributed by atoms with van der Waals surface area (Å²) in [6, 6.07) is 9.29. The van der Waals surface area contributed by atoms with E-state index in [0.717, 1.165) is 17.2 Å². The van der Waals surface area contributed by atoms with E-state index in [1.807, 2.05) is 24.3 Å². The topological polar surface area (TPSA) is 64.1 Å². The van der Waals surface area contributed by atoms with Crippen LogP contribution in [0.5, 0.6) is 0 Å². The molecule has 1 aromatic heterocycles. The highest BCUT2D eigenvalue weighted by molar-refractivity contribution is 8.00. The molecule has 19 heavy (non-hydrogen) atoms. The van der Waals surface area contributed by atoms with Crippen LogP contribution < -0.4 is 0 Å². The maximum atomic E-state index is 11.1. The van der Waals surface area contributed by atoms with Crippen LogP contribution in [-0.4, -0.2) is 37.4 Å². The Morgan fingerprint density at radius 2 is 2.05 bits per heavy atom. The summed E-state index contributed by atoms with van der Waals surface area (Å²) in [6.07, 6.45) is 1.95. The fourth-order valence-corrected chi connectivity index (χ4v) is 3.78. The zero-order valence-corrected chi connectivity index (χ0v) is 12.0. The van der Waals surface area contributed by atoms with E-state index in [0.29, 0.717) is 16.3 Å².